The van der Waals surface area contributed by atoms with Crippen molar-refractivity contribution in [2.24, 2.45) is 5.16 Å². The molecule has 2 heterocycles. The molecule has 2 aliphatic heterocycles. The first-order valence-electron chi connectivity index (χ1n) is 7.94. The van der Waals surface area contributed by atoms with Crippen molar-refractivity contribution in [1.82, 2.24) is 0 Å². The highest BCUT2D eigenvalue weighted by molar-refractivity contribution is 6.25. The van der Waals surface area contributed by atoms with Crippen LogP contribution in [0.15, 0.2) is 53.7 Å². The molecule has 1 fully saturated rings. The van der Waals surface area contributed by atoms with Crippen molar-refractivity contribution in [2.45, 2.75) is 25.4 Å². The number of halogens is 1. The standard InChI is InChI=1S/C19H15FN2O3/c1-12-2-4-13(5-3-12)16-10-19(25-21-16)11-17(23)22(18(19)24)15-8-6-14(20)7-9-15/h2-9H,10-11H2,1H3/t19-/m1/s1. The predicted octanol–water partition coefficient (Wildman–Crippen LogP) is 2.96. The summed E-state index contributed by atoms with van der Waals surface area (Å²) in [5, 5.41) is 4.05. The average Bonchev–Trinajstić information content (AvgIpc) is 3.12. The van der Waals surface area contributed by atoms with Gasteiger partial charge in [-0.15, -0.1) is 0 Å². The lowest BCUT2D eigenvalue weighted by Crippen LogP contribution is -2.40. The highest BCUT2D eigenvalue weighted by Gasteiger charge is 2.58. The lowest BCUT2D eigenvalue weighted by atomic mass is 9.92. The molecule has 1 saturated heterocycles. The monoisotopic (exact) mass is 338 g/mol. The number of oxime groups is 1. The van der Waals surface area contributed by atoms with Gasteiger partial charge in [-0.25, -0.2) is 9.29 Å². The number of rotatable bonds is 2. The molecule has 1 atom stereocenters. The maximum absolute atomic E-state index is 13.1. The Morgan fingerprint density at radius 2 is 1.72 bits per heavy atom. The smallest absolute Gasteiger partial charge is 0.281 e. The summed E-state index contributed by atoms with van der Waals surface area (Å²) in [6.07, 6.45) is 0.153. The lowest BCUT2D eigenvalue weighted by Gasteiger charge is -2.19. The maximum atomic E-state index is 13.1. The number of benzene rings is 2. The molecular formula is C19H15FN2O3. The second kappa shape index (κ2) is 5.51. The molecular weight excluding hydrogens is 323 g/mol. The Morgan fingerprint density at radius 3 is 2.40 bits per heavy atom. The van der Waals surface area contributed by atoms with Crippen LogP contribution in [0.2, 0.25) is 0 Å². The van der Waals surface area contributed by atoms with Crippen molar-refractivity contribution in [3.63, 3.8) is 0 Å². The molecule has 0 N–H and O–H groups in total. The summed E-state index contributed by atoms with van der Waals surface area (Å²) < 4.78 is 13.1. The highest BCUT2D eigenvalue weighted by Crippen LogP contribution is 2.39. The number of anilines is 1. The molecule has 4 rings (SSSR count). The van der Waals surface area contributed by atoms with Gasteiger partial charge in [0.15, 0.2) is 0 Å². The van der Waals surface area contributed by atoms with Crippen LogP contribution in [-0.2, 0) is 14.4 Å². The number of carbonyl (C=O) groups excluding carboxylic acids is 2. The SMILES string of the molecule is Cc1ccc(C2=NO[C@@]3(CC(=O)N(c4ccc(F)cc4)C3=O)C2)cc1. The molecule has 6 heteroatoms. The molecule has 2 aromatic carbocycles. The van der Waals surface area contributed by atoms with Gasteiger partial charge >= 0.3 is 0 Å². The van der Waals surface area contributed by atoms with Crippen molar-refractivity contribution in [3.8, 4) is 0 Å². The van der Waals surface area contributed by atoms with E-state index in [1.165, 1.54) is 24.3 Å². The van der Waals surface area contributed by atoms with E-state index in [-0.39, 0.29) is 18.7 Å². The van der Waals surface area contributed by atoms with Crippen LogP contribution in [-0.4, -0.2) is 23.1 Å². The van der Waals surface area contributed by atoms with Crippen LogP contribution in [0.3, 0.4) is 0 Å². The average molecular weight is 338 g/mol. The maximum Gasteiger partial charge on any atom is 0.281 e. The minimum absolute atomic E-state index is 0.0813. The molecule has 126 valence electrons. The van der Waals surface area contributed by atoms with E-state index in [1.807, 2.05) is 31.2 Å². The minimum atomic E-state index is -1.30. The predicted molar refractivity (Wildman–Crippen MR) is 89.7 cm³/mol. The molecule has 0 unspecified atom stereocenters. The third-order valence-corrected chi connectivity index (χ3v) is 4.53. The lowest BCUT2D eigenvalue weighted by molar-refractivity contribution is -0.136. The fourth-order valence-electron chi connectivity index (χ4n) is 3.16. The van der Waals surface area contributed by atoms with Gasteiger partial charge in [-0.3, -0.25) is 9.59 Å². The summed E-state index contributed by atoms with van der Waals surface area (Å²) in [4.78, 5) is 31.8. The van der Waals surface area contributed by atoms with Gasteiger partial charge in [0, 0.05) is 6.42 Å². The van der Waals surface area contributed by atoms with E-state index in [2.05, 4.69) is 5.16 Å². The van der Waals surface area contributed by atoms with Gasteiger partial charge in [-0.2, -0.15) is 0 Å². The second-order valence-electron chi connectivity index (χ2n) is 6.35. The van der Waals surface area contributed by atoms with Crippen molar-refractivity contribution in [2.75, 3.05) is 4.90 Å². The van der Waals surface area contributed by atoms with Crippen molar-refractivity contribution in [1.29, 1.82) is 0 Å². The molecule has 2 amide bonds. The zero-order valence-corrected chi connectivity index (χ0v) is 13.5. The number of hydrogen-bond donors (Lipinski definition) is 0. The fraction of sp³-hybridized carbons (Fsp3) is 0.211. The van der Waals surface area contributed by atoms with Crippen LogP contribution < -0.4 is 4.90 Å². The number of imide groups is 1. The summed E-state index contributed by atoms with van der Waals surface area (Å²) in [5.41, 5.74) is 1.66. The van der Waals surface area contributed by atoms with E-state index < -0.39 is 17.3 Å². The summed E-state index contributed by atoms with van der Waals surface area (Å²) in [7, 11) is 0. The molecule has 0 aliphatic carbocycles. The normalized spacial score (nSPS) is 22.5. The number of carbonyl (C=O) groups is 2. The number of aryl methyl sites for hydroxylation is 1. The van der Waals surface area contributed by atoms with E-state index in [4.69, 9.17) is 4.84 Å². The molecule has 0 bridgehead atoms. The van der Waals surface area contributed by atoms with Crippen LogP contribution in [0.5, 0.6) is 0 Å². The zero-order chi connectivity index (χ0) is 17.6. The van der Waals surface area contributed by atoms with Gasteiger partial charge < -0.3 is 4.84 Å². The second-order valence-corrected chi connectivity index (χ2v) is 6.35. The summed E-state index contributed by atoms with van der Waals surface area (Å²) >= 11 is 0. The van der Waals surface area contributed by atoms with Crippen LogP contribution in [0.25, 0.3) is 0 Å². The van der Waals surface area contributed by atoms with E-state index >= 15 is 0 Å². The van der Waals surface area contributed by atoms with Gasteiger partial charge in [-0.05, 0) is 36.8 Å². The largest absolute Gasteiger partial charge is 0.378 e. The van der Waals surface area contributed by atoms with Gasteiger partial charge in [0.05, 0.1) is 17.8 Å². The Labute approximate surface area is 143 Å². The van der Waals surface area contributed by atoms with Crippen molar-refractivity contribution >= 4 is 23.2 Å². The van der Waals surface area contributed by atoms with E-state index in [1.54, 1.807) is 0 Å². The van der Waals surface area contributed by atoms with Crippen molar-refractivity contribution in [3.05, 3.63) is 65.5 Å². The Hall–Kier alpha value is -3.02. The topological polar surface area (TPSA) is 59.0 Å². The van der Waals surface area contributed by atoms with Crippen LogP contribution in [0, 0.1) is 12.7 Å². The molecule has 2 aliphatic rings. The first-order valence-corrected chi connectivity index (χ1v) is 7.94. The molecule has 2 aromatic rings. The molecule has 1 spiro atoms. The van der Waals surface area contributed by atoms with Crippen molar-refractivity contribution < 1.29 is 18.8 Å². The number of hydrogen-bond acceptors (Lipinski definition) is 4. The van der Waals surface area contributed by atoms with Gasteiger partial charge in [0.1, 0.15) is 5.82 Å². The summed E-state index contributed by atoms with van der Waals surface area (Å²) in [6.45, 7) is 1.98. The van der Waals surface area contributed by atoms with E-state index in [9.17, 15) is 14.0 Å². The van der Waals surface area contributed by atoms with Gasteiger partial charge in [0.2, 0.25) is 11.5 Å². The number of amides is 2. The Morgan fingerprint density at radius 1 is 1.04 bits per heavy atom. The van der Waals surface area contributed by atoms with E-state index in [0.29, 0.717) is 11.4 Å². The minimum Gasteiger partial charge on any atom is -0.378 e. The summed E-state index contributed by atoms with van der Waals surface area (Å²) in [6, 6.07) is 13.0. The number of nitrogens with zero attached hydrogens (tertiary/aromatic N) is 2. The van der Waals surface area contributed by atoms with Gasteiger partial charge in [-0.1, -0.05) is 35.0 Å². The molecule has 5 nitrogen and oxygen atoms in total. The Bertz CT molecular complexity index is 890. The first kappa shape index (κ1) is 15.5. The Balaban J connectivity index is 1.60. The molecule has 0 aromatic heterocycles. The fourth-order valence-corrected chi connectivity index (χ4v) is 3.16. The highest BCUT2D eigenvalue weighted by atomic mass is 19.1. The Kier molecular flexibility index (Phi) is 3.42. The summed E-state index contributed by atoms with van der Waals surface area (Å²) in [5.74, 6) is -1.27. The quantitative estimate of drug-likeness (QED) is 0.791. The molecule has 0 radical (unpaired) electrons. The van der Waals surface area contributed by atoms with Gasteiger partial charge in [0.25, 0.3) is 5.91 Å². The zero-order valence-electron chi connectivity index (χ0n) is 13.5. The third-order valence-electron chi connectivity index (χ3n) is 4.53. The van der Waals surface area contributed by atoms with Crippen LogP contribution >= 0.6 is 0 Å². The first-order chi connectivity index (χ1) is 12.0. The molecule has 0 saturated carbocycles. The van der Waals surface area contributed by atoms with Crippen LogP contribution in [0.1, 0.15) is 24.0 Å². The van der Waals surface area contributed by atoms with Crippen LogP contribution in [0.4, 0.5) is 10.1 Å². The third kappa shape index (κ3) is 2.50. The van der Waals surface area contributed by atoms with E-state index in [0.717, 1.165) is 16.0 Å². The molecule has 25 heavy (non-hydrogen) atoms.